The van der Waals surface area contributed by atoms with E-state index in [-0.39, 0.29) is 5.97 Å². The van der Waals surface area contributed by atoms with Crippen LogP contribution in [-0.2, 0) is 21.3 Å². The van der Waals surface area contributed by atoms with Gasteiger partial charge in [-0.05, 0) is 43.2 Å². The van der Waals surface area contributed by atoms with Crippen LogP contribution in [-0.4, -0.2) is 31.0 Å². The Morgan fingerprint density at radius 3 is 2.00 bits per heavy atom. The first kappa shape index (κ1) is 24.4. The van der Waals surface area contributed by atoms with Gasteiger partial charge in [0.05, 0.1) is 5.69 Å². The molecule has 0 heterocycles. The number of rotatable bonds is 5. The van der Waals surface area contributed by atoms with Gasteiger partial charge in [-0.25, -0.2) is 5.84 Å². The van der Waals surface area contributed by atoms with Crippen molar-refractivity contribution in [1.29, 1.82) is 0 Å². The van der Waals surface area contributed by atoms with Crippen LogP contribution >= 0.6 is 0 Å². The average molecular weight is 434 g/mol. The van der Waals surface area contributed by atoms with Crippen LogP contribution in [0.25, 0.3) is 0 Å². The molecule has 2 aromatic carbocycles. The Hall–Kier alpha value is -2.63. The molecule has 0 saturated carbocycles. The molecule has 160 valence electrons. The average Bonchev–Trinajstić information content (AvgIpc) is 2.60. The molecule has 7 nitrogen and oxygen atoms in total. The Kier molecular flexibility index (Phi) is 8.61. The first-order chi connectivity index (χ1) is 13.3. The van der Waals surface area contributed by atoms with E-state index < -0.39 is 15.6 Å². The van der Waals surface area contributed by atoms with Crippen molar-refractivity contribution in [3.63, 3.8) is 0 Å². The second-order valence-electron chi connectivity index (χ2n) is 5.94. The number of anilines is 1. The van der Waals surface area contributed by atoms with Gasteiger partial charge in [-0.2, -0.15) is 21.6 Å². The van der Waals surface area contributed by atoms with Crippen LogP contribution in [0.5, 0.6) is 5.75 Å². The molecule has 0 bridgehead atoms. The molecule has 29 heavy (non-hydrogen) atoms. The van der Waals surface area contributed by atoms with Gasteiger partial charge < -0.3 is 9.75 Å². The fourth-order valence-corrected chi connectivity index (χ4v) is 2.01. The van der Waals surface area contributed by atoms with Gasteiger partial charge in [-0.1, -0.05) is 29.8 Å². The Morgan fingerprint density at radius 1 is 1.10 bits per heavy atom. The molecule has 2 aromatic rings. The number of ether oxygens (including phenoxy) is 1. The van der Waals surface area contributed by atoms with Gasteiger partial charge in [0.25, 0.3) is 0 Å². The molecule has 0 unspecified atom stereocenters. The van der Waals surface area contributed by atoms with Crippen LogP contribution in [0, 0.1) is 6.92 Å². The predicted octanol–water partition coefficient (Wildman–Crippen LogP) is 3.24. The van der Waals surface area contributed by atoms with E-state index in [1.165, 1.54) is 18.1 Å². The van der Waals surface area contributed by atoms with Gasteiger partial charge in [0.15, 0.2) is 0 Å². The molecular formula is C18H21F3N2O5S. The lowest BCUT2D eigenvalue weighted by molar-refractivity contribution is -0.131. The Labute approximate surface area is 166 Å². The van der Waals surface area contributed by atoms with Gasteiger partial charge in [0.2, 0.25) is 0 Å². The van der Waals surface area contributed by atoms with Crippen molar-refractivity contribution >= 4 is 21.8 Å². The van der Waals surface area contributed by atoms with Crippen molar-refractivity contribution in [3.05, 3.63) is 59.7 Å². The summed E-state index contributed by atoms with van der Waals surface area (Å²) in [5.41, 5.74) is -2.14. The Bertz CT molecular complexity index is 899. The Balaban J connectivity index is 0.000000447. The number of halogens is 3. The van der Waals surface area contributed by atoms with Crippen molar-refractivity contribution < 1.29 is 35.7 Å². The molecule has 0 saturated heterocycles. The van der Waals surface area contributed by atoms with Crippen molar-refractivity contribution in [2.45, 2.75) is 25.8 Å². The quantitative estimate of drug-likeness (QED) is 0.186. The molecule has 0 aliphatic heterocycles. The maximum atomic E-state index is 10.9. The summed E-state index contributed by atoms with van der Waals surface area (Å²) in [6.45, 7) is 4.17. The van der Waals surface area contributed by atoms with Crippen LogP contribution in [0.2, 0.25) is 0 Å². The molecule has 2 rings (SSSR count). The van der Waals surface area contributed by atoms with E-state index >= 15 is 0 Å². The molecule has 0 atom stereocenters. The molecule has 0 radical (unpaired) electrons. The molecule has 0 spiro atoms. The molecule has 0 amide bonds. The third-order valence-corrected chi connectivity index (χ3v) is 4.07. The first-order valence-corrected chi connectivity index (χ1v) is 9.63. The predicted molar refractivity (Wildman–Crippen MR) is 102 cm³/mol. The number of nitrogens with two attached hydrogens (primary N) is 1. The van der Waals surface area contributed by atoms with E-state index in [0.29, 0.717) is 5.75 Å². The molecule has 11 heteroatoms. The highest BCUT2D eigenvalue weighted by atomic mass is 32.2. The van der Waals surface area contributed by atoms with Crippen LogP contribution in [0.1, 0.15) is 18.1 Å². The maximum absolute atomic E-state index is 10.9. The van der Waals surface area contributed by atoms with Crippen molar-refractivity contribution in [2.75, 3.05) is 11.6 Å². The standard InChI is InChI=1S/C17H20N2O2.CHF3O3S/c1-13-3-5-15(6-4-13)11-12-19(18)16-7-9-17(10-8-16)21-14(2)20;2-1(3,4)8(5,6)7/h3-10H,11-12,18H2,1-2H3;(H,5,6,7). The summed E-state index contributed by atoms with van der Waals surface area (Å²) in [6, 6.07) is 15.6. The number of carbonyl (C=O) groups excluding carboxylic acids is 1. The van der Waals surface area contributed by atoms with Gasteiger partial charge in [-0.15, -0.1) is 0 Å². The van der Waals surface area contributed by atoms with Crippen LogP contribution in [0.3, 0.4) is 0 Å². The third kappa shape index (κ3) is 8.94. The fourth-order valence-electron chi connectivity index (χ4n) is 2.01. The molecular weight excluding hydrogens is 413 g/mol. The maximum Gasteiger partial charge on any atom is 0.522 e. The number of carbonyl (C=O) groups is 1. The topological polar surface area (TPSA) is 110 Å². The number of nitrogens with zero attached hydrogens (tertiary/aromatic N) is 1. The molecule has 0 fully saturated rings. The van der Waals surface area contributed by atoms with Gasteiger partial charge >= 0.3 is 21.6 Å². The second-order valence-corrected chi connectivity index (χ2v) is 7.35. The first-order valence-electron chi connectivity index (χ1n) is 8.19. The summed E-state index contributed by atoms with van der Waals surface area (Å²) in [4.78, 5) is 10.9. The smallest absolute Gasteiger partial charge is 0.427 e. The molecule has 3 N–H and O–H groups in total. The van der Waals surface area contributed by atoms with Gasteiger partial charge in [0, 0.05) is 13.5 Å². The summed E-state index contributed by atoms with van der Waals surface area (Å²) in [5, 5.41) is 1.69. The molecule has 0 aromatic heterocycles. The van der Waals surface area contributed by atoms with E-state index in [4.69, 9.17) is 23.6 Å². The minimum atomic E-state index is -5.84. The minimum Gasteiger partial charge on any atom is -0.427 e. The van der Waals surface area contributed by atoms with Crippen LogP contribution < -0.4 is 15.6 Å². The molecule has 0 aliphatic carbocycles. The largest absolute Gasteiger partial charge is 0.522 e. The summed E-state index contributed by atoms with van der Waals surface area (Å²) < 4.78 is 62.5. The highest BCUT2D eigenvalue weighted by Gasteiger charge is 2.44. The lowest BCUT2D eigenvalue weighted by atomic mass is 10.1. The summed E-state index contributed by atoms with van der Waals surface area (Å²) in [6.07, 6.45) is 0.877. The minimum absolute atomic E-state index is 0.327. The van der Waals surface area contributed by atoms with Crippen LogP contribution in [0.4, 0.5) is 18.9 Å². The second kappa shape index (κ2) is 10.2. The lowest BCUT2D eigenvalue weighted by Gasteiger charge is -2.19. The van der Waals surface area contributed by atoms with Crippen molar-refractivity contribution in [1.82, 2.24) is 0 Å². The van der Waals surface area contributed by atoms with Crippen molar-refractivity contribution in [2.24, 2.45) is 5.84 Å². The number of aryl methyl sites for hydroxylation is 1. The number of hydrazine groups is 1. The lowest BCUT2D eigenvalue weighted by Crippen LogP contribution is -2.32. The zero-order valence-corrected chi connectivity index (χ0v) is 16.5. The van der Waals surface area contributed by atoms with E-state index in [2.05, 4.69) is 31.2 Å². The SMILES string of the molecule is CC(=O)Oc1ccc(N(N)CCc2ccc(C)cc2)cc1.O=S(=O)(O)C(F)(F)F. The van der Waals surface area contributed by atoms with Gasteiger partial charge in [-0.3, -0.25) is 9.35 Å². The van der Waals surface area contributed by atoms with E-state index in [1.54, 1.807) is 17.1 Å². The highest BCUT2D eigenvalue weighted by molar-refractivity contribution is 7.86. The Morgan fingerprint density at radius 2 is 1.59 bits per heavy atom. The zero-order chi connectivity index (χ0) is 22.2. The van der Waals surface area contributed by atoms with E-state index in [9.17, 15) is 18.0 Å². The number of esters is 1. The number of benzene rings is 2. The van der Waals surface area contributed by atoms with Crippen LogP contribution in [0.15, 0.2) is 48.5 Å². The number of hydrogen-bond donors (Lipinski definition) is 2. The third-order valence-electron chi connectivity index (χ3n) is 3.48. The number of hydrogen-bond acceptors (Lipinski definition) is 6. The van der Waals surface area contributed by atoms with E-state index in [1.807, 2.05) is 12.1 Å². The number of alkyl halides is 3. The monoisotopic (exact) mass is 434 g/mol. The highest BCUT2D eigenvalue weighted by Crippen LogP contribution is 2.20. The summed E-state index contributed by atoms with van der Waals surface area (Å²) in [7, 11) is -5.84. The molecule has 0 aliphatic rings. The summed E-state index contributed by atoms with van der Waals surface area (Å²) in [5.74, 6) is 6.25. The zero-order valence-electron chi connectivity index (χ0n) is 15.7. The summed E-state index contributed by atoms with van der Waals surface area (Å²) >= 11 is 0. The normalized spacial score (nSPS) is 11.3. The van der Waals surface area contributed by atoms with E-state index in [0.717, 1.165) is 18.7 Å². The van der Waals surface area contributed by atoms with Gasteiger partial charge in [0.1, 0.15) is 5.75 Å². The van der Waals surface area contributed by atoms with Crippen molar-refractivity contribution in [3.8, 4) is 5.75 Å². The fraction of sp³-hybridized carbons (Fsp3) is 0.278.